The Morgan fingerprint density at radius 1 is 0.194 bits per heavy atom. The topological polar surface area (TPSA) is 343 Å². The molecule has 0 fully saturated rings. The van der Waals surface area contributed by atoms with Crippen molar-refractivity contribution < 1.29 is 139 Å². The Hall–Kier alpha value is 0.180. The molecule has 36 nitrogen and oxygen atoms in total. The second kappa shape index (κ2) is 83.7. The molecule has 0 atom stereocenters. The van der Waals surface area contributed by atoms with E-state index in [2.05, 4.69) is 47.3 Å². The maximum absolute atomic E-state index is 12.5. The molecule has 0 rings (SSSR count). The first-order valence-corrected chi connectivity index (χ1v) is 48.7. The molecular formula is C66H156N6O30P6. The van der Waals surface area contributed by atoms with Crippen LogP contribution in [0.2, 0.25) is 0 Å². The molecule has 108 heavy (non-hydrogen) atoms. The molecular weight excluding hydrogens is 1540 g/mol. The number of hydrogen-bond acceptors (Lipinski definition) is 36. The molecule has 0 aliphatic rings. The molecule has 0 heterocycles. The van der Waals surface area contributed by atoms with Gasteiger partial charge < -0.3 is 131 Å². The van der Waals surface area contributed by atoms with Crippen LogP contribution in [0.5, 0.6) is 0 Å². The summed E-state index contributed by atoms with van der Waals surface area (Å²) >= 11 is 0. The van der Waals surface area contributed by atoms with Crippen LogP contribution >= 0.6 is 45.6 Å². The molecule has 0 aromatic carbocycles. The molecule has 0 radical (unpaired) electrons. The molecule has 660 valence electrons. The summed E-state index contributed by atoms with van der Waals surface area (Å²) in [5.41, 5.74) is 0. The van der Waals surface area contributed by atoms with Gasteiger partial charge in [-0.25, -0.2) is 0 Å². The highest BCUT2D eigenvalue weighted by atomic mass is 31.2. The van der Waals surface area contributed by atoms with Crippen molar-refractivity contribution in [3.8, 4) is 0 Å². The van der Waals surface area contributed by atoms with Crippen molar-refractivity contribution in [2.24, 2.45) is 0 Å². The lowest BCUT2D eigenvalue weighted by Gasteiger charge is -2.24. The first-order valence-electron chi connectivity index (χ1n) is 36.8. The van der Waals surface area contributed by atoms with Gasteiger partial charge in [-0.3, -0.25) is 37.2 Å². The summed E-state index contributed by atoms with van der Waals surface area (Å²) in [6.45, 7) is 44.7. The lowest BCUT2D eigenvalue weighted by Crippen LogP contribution is -2.34. The van der Waals surface area contributed by atoms with Crippen LogP contribution in [-0.4, -0.2) is 431 Å². The Balaban J connectivity index is -0.000000294. The van der Waals surface area contributed by atoms with Crippen LogP contribution < -0.4 is 0 Å². The van der Waals surface area contributed by atoms with Gasteiger partial charge in [0.15, 0.2) is 0 Å². The molecule has 0 spiro atoms. The maximum atomic E-state index is 12.5. The molecule has 0 bridgehead atoms. The third-order valence-electron chi connectivity index (χ3n) is 13.6. The van der Waals surface area contributed by atoms with Gasteiger partial charge in [-0.1, -0.05) is 27.7 Å². The van der Waals surface area contributed by atoms with Gasteiger partial charge in [0.05, 0.1) is 172 Å². The van der Waals surface area contributed by atoms with E-state index in [-0.39, 0.29) is 39.6 Å². The van der Waals surface area contributed by atoms with Gasteiger partial charge in [-0.05, 0) is 68.2 Å². The predicted molar refractivity (Wildman–Crippen MR) is 428 cm³/mol. The second-order valence-corrected chi connectivity index (χ2v) is 35.9. The predicted octanol–water partition coefficient (Wildman–Crippen LogP) is 8.74. The fourth-order valence-corrected chi connectivity index (χ4v) is 12.7. The molecule has 0 aromatic rings. The largest absolute Gasteiger partial charge is 0.383 e. The van der Waals surface area contributed by atoms with Crippen molar-refractivity contribution in [2.45, 2.75) is 41.5 Å². The minimum atomic E-state index is -3.09. The molecule has 0 aliphatic heterocycles. The Morgan fingerprint density at radius 3 is 0.546 bits per heavy atom. The summed E-state index contributed by atoms with van der Waals surface area (Å²) in [7, 11) is 3.02. The van der Waals surface area contributed by atoms with Gasteiger partial charge in [-0.2, -0.15) is 0 Å². The van der Waals surface area contributed by atoms with Gasteiger partial charge in [0.2, 0.25) is 0 Å². The van der Waals surface area contributed by atoms with Crippen LogP contribution in [0.3, 0.4) is 0 Å². The minimum Gasteiger partial charge on any atom is -0.383 e. The zero-order valence-corrected chi connectivity index (χ0v) is 76.7. The fraction of sp³-hybridized carbons (Fsp3) is 1.00. The summed E-state index contributed by atoms with van der Waals surface area (Å²) in [5, 5.41) is 0. The number of likely N-dealkylation sites (N-methyl/N-ethyl adjacent to an activating group) is 4. The van der Waals surface area contributed by atoms with Gasteiger partial charge in [-0.15, -0.1) is 0 Å². The molecule has 0 aliphatic carbocycles. The Morgan fingerprint density at radius 2 is 0.352 bits per heavy atom. The third kappa shape index (κ3) is 96.8. The van der Waals surface area contributed by atoms with E-state index in [4.69, 9.17) is 111 Å². The van der Waals surface area contributed by atoms with Crippen molar-refractivity contribution in [1.82, 2.24) is 29.4 Å². The van der Waals surface area contributed by atoms with E-state index in [0.29, 0.717) is 158 Å². The Labute approximate surface area is 654 Å². The summed E-state index contributed by atoms with van der Waals surface area (Å²) in [6.07, 6.45) is 0. The van der Waals surface area contributed by atoms with Crippen LogP contribution in [0, 0.1) is 0 Å². The van der Waals surface area contributed by atoms with E-state index in [0.717, 1.165) is 78.5 Å². The summed E-state index contributed by atoms with van der Waals surface area (Å²) in [5.74, 6) is 0. The number of methoxy groups -OCH3 is 8. The fourth-order valence-electron chi connectivity index (χ4n) is 7.38. The molecule has 0 saturated heterocycles. The van der Waals surface area contributed by atoms with E-state index >= 15 is 0 Å². The van der Waals surface area contributed by atoms with Crippen molar-refractivity contribution >= 4 is 45.6 Å². The highest BCUT2D eigenvalue weighted by Crippen LogP contribution is 2.47. The molecule has 0 N–H and O–H groups in total. The molecule has 0 unspecified atom stereocenters. The van der Waals surface area contributed by atoms with Crippen molar-refractivity contribution in [3.05, 3.63) is 0 Å². The van der Waals surface area contributed by atoms with Crippen LogP contribution in [0.1, 0.15) is 41.5 Å². The van der Waals surface area contributed by atoms with Crippen molar-refractivity contribution in [2.75, 3.05) is 402 Å². The molecule has 0 saturated carbocycles. The van der Waals surface area contributed by atoms with E-state index in [9.17, 15) is 27.4 Å². The number of nitrogens with zero attached hydrogens (tertiary/aromatic N) is 6. The SMILES string of the molecule is CCN(CC)CCOP(C)(=O)OCCN(CC)CC.CCOCCOP(C)(=O)OCCOCC.CN(C)CCOP(C)(=O)OCCN(C)C.COCCN(CCOC)CCOP(C)(=O)OCCN(CCOC)CCOC.COCCOCCOP(C)(=O)OCCOCCOC.COCCOP(C)(=O)OCCOC. The number of ether oxygens (including phenoxy) is 12. The van der Waals surface area contributed by atoms with Crippen LogP contribution in [-0.2, 0) is 139 Å². The monoisotopic (exact) mass is 1700 g/mol. The molecule has 42 heteroatoms. The summed E-state index contributed by atoms with van der Waals surface area (Å²) in [4.78, 5) is 12.7. The zero-order chi connectivity index (χ0) is 83.1. The average molecular weight is 1700 g/mol. The normalized spacial score (nSPS) is 12.3. The van der Waals surface area contributed by atoms with E-state index in [1.807, 2.05) is 51.8 Å². The smallest absolute Gasteiger partial charge is 0.327 e. The lowest BCUT2D eigenvalue weighted by atomic mass is 10.4. The Bertz CT molecular complexity index is 2030. The number of hydrogen-bond donors (Lipinski definition) is 0. The summed E-state index contributed by atoms with van der Waals surface area (Å²) in [6, 6.07) is 0. The molecule has 0 aromatic heterocycles. The highest BCUT2D eigenvalue weighted by Gasteiger charge is 2.22. The second-order valence-electron chi connectivity index (χ2n) is 23.5. The molecule has 0 amide bonds. The van der Waals surface area contributed by atoms with Crippen molar-refractivity contribution in [3.63, 3.8) is 0 Å². The highest BCUT2D eigenvalue weighted by molar-refractivity contribution is 7.54. The van der Waals surface area contributed by atoms with E-state index in [1.165, 1.54) is 33.3 Å². The van der Waals surface area contributed by atoms with E-state index in [1.54, 1.807) is 63.5 Å². The quantitative estimate of drug-likeness (QED) is 0.0405. The van der Waals surface area contributed by atoms with Gasteiger partial charge in [0.25, 0.3) is 0 Å². The van der Waals surface area contributed by atoms with Crippen LogP contribution in [0.25, 0.3) is 0 Å². The average Bonchev–Trinajstić information content (AvgIpc) is 0.941. The zero-order valence-electron chi connectivity index (χ0n) is 71.3. The Kier molecular flexibility index (Phi) is 92.2. The third-order valence-corrected chi connectivity index (χ3v) is 21.4. The standard InChI is InChI=1S/C17H39N2O7P.C13H31N2O3P.C11H25O7P.C9H23N2O3P.C9H21O5P.C7H17O5P/c1-21-12-6-18(7-13-22-2)10-16-25-27(5,20)26-17-11-19(8-14-23-3)9-15-24-4;1-6-14(7-2)10-12-17-19(5,16)18-13-11-15(8-3)9-4;1-13-4-6-15-8-10-17-19(3,12)18-11-9-16-7-5-14-2;1-10(2)6-8-13-15(5,12)14-9-7-11(3)4;1-4-11-6-8-13-15(3,10)14-9-7-12-5-2;1-9-4-6-11-13(3,8)12-7-5-10-2/h6-17H2,1-5H3;6-13H2,1-5H3;4-11H2,1-3H3;6-9H2,1-5H3;4-9H2,1-3H3;4-7H2,1-3H3. The summed E-state index contributed by atoms with van der Waals surface area (Å²) < 4.78 is 193. The van der Waals surface area contributed by atoms with Gasteiger partial charge in [0, 0.05) is 176 Å². The van der Waals surface area contributed by atoms with Crippen molar-refractivity contribution in [1.29, 1.82) is 0 Å². The minimum absolute atomic E-state index is 0.224. The lowest BCUT2D eigenvalue weighted by molar-refractivity contribution is 0.0412. The van der Waals surface area contributed by atoms with E-state index < -0.39 is 45.6 Å². The van der Waals surface area contributed by atoms with Crippen LogP contribution in [0.4, 0.5) is 0 Å². The van der Waals surface area contributed by atoms with Crippen LogP contribution in [0.15, 0.2) is 0 Å². The van der Waals surface area contributed by atoms with Gasteiger partial charge >= 0.3 is 45.6 Å². The first-order chi connectivity index (χ1) is 51.2. The van der Waals surface area contributed by atoms with Gasteiger partial charge in [0.1, 0.15) is 0 Å². The first kappa shape index (κ1) is 119. The number of rotatable bonds is 72. The maximum Gasteiger partial charge on any atom is 0.327 e.